The van der Waals surface area contributed by atoms with E-state index in [2.05, 4.69) is 15.3 Å². The van der Waals surface area contributed by atoms with Crippen LogP contribution in [-0.4, -0.2) is 33.2 Å². The van der Waals surface area contributed by atoms with Crippen molar-refractivity contribution in [3.05, 3.63) is 78.2 Å². The number of aromatic nitrogens is 2. The summed E-state index contributed by atoms with van der Waals surface area (Å²) in [5, 5.41) is 12.1. The van der Waals surface area contributed by atoms with E-state index >= 15 is 0 Å². The maximum atomic E-state index is 12.5. The molecule has 3 aromatic rings. The fraction of sp³-hybridized carbons (Fsp3) is 0.308. The van der Waals surface area contributed by atoms with E-state index < -0.39 is 24.3 Å². The number of carbonyl (C=O) groups excluding carboxylic acids is 1. The molecule has 1 aliphatic rings. The van der Waals surface area contributed by atoms with Crippen LogP contribution >= 0.6 is 0 Å². The third-order valence-electron chi connectivity index (χ3n) is 5.70. The highest BCUT2D eigenvalue weighted by atomic mass is 16.6. The third-order valence-corrected chi connectivity index (χ3v) is 5.70. The summed E-state index contributed by atoms with van der Waals surface area (Å²) >= 11 is 0. The van der Waals surface area contributed by atoms with Gasteiger partial charge < -0.3 is 14.6 Å². The van der Waals surface area contributed by atoms with Crippen LogP contribution in [0.3, 0.4) is 0 Å². The molecule has 1 amide bonds. The van der Waals surface area contributed by atoms with Crippen LogP contribution in [0.1, 0.15) is 43.4 Å². The Morgan fingerprint density at radius 3 is 2.53 bits per heavy atom. The molecule has 2 atom stereocenters. The maximum Gasteiger partial charge on any atom is 0.412 e. The van der Waals surface area contributed by atoms with Gasteiger partial charge in [0.05, 0.1) is 24.2 Å². The monoisotopic (exact) mass is 461 g/mol. The van der Waals surface area contributed by atoms with Gasteiger partial charge in [-0.3, -0.25) is 5.32 Å². The lowest BCUT2D eigenvalue weighted by Gasteiger charge is -2.15. The second kappa shape index (κ2) is 10.9. The number of carboxylic acid groups (broad SMARTS) is 1. The predicted octanol–water partition coefficient (Wildman–Crippen LogP) is 5.22. The minimum atomic E-state index is -0.923. The molecule has 2 unspecified atom stereocenters. The van der Waals surface area contributed by atoms with Gasteiger partial charge in [-0.25, -0.2) is 19.6 Å². The minimum absolute atomic E-state index is 0.211. The molecule has 0 bridgehead atoms. The molecule has 2 N–H and O–H groups in total. The summed E-state index contributed by atoms with van der Waals surface area (Å²) in [5.41, 5.74) is 3.48. The van der Waals surface area contributed by atoms with Crippen molar-refractivity contribution in [3.63, 3.8) is 0 Å². The number of nitrogens with one attached hydrogen (secondary N) is 1. The molecule has 0 aliphatic heterocycles. The van der Waals surface area contributed by atoms with Gasteiger partial charge in [-0.05, 0) is 30.4 Å². The number of rotatable bonds is 10. The van der Waals surface area contributed by atoms with Crippen LogP contribution in [0.25, 0.3) is 11.3 Å². The zero-order valence-electron chi connectivity index (χ0n) is 18.9. The molecule has 1 saturated carbocycles. The SMILES string of the molecule is CC(OC(=O)Nc1cncnc1-c1ccc(COC(CC2CC2)C(=O)O)cc1)c1ccccc1. The van der Waals surface area contributed by atoms with Gasteiger partial charge in [0.15, 0.2) is 6.10 Å². The number of hydrogen-bond donors (Lipinski definition) is 2. The Bertz CT molecular complexity index is 1120. The smallest absolute Gasteiger partial charge is 0.412 e. The van der Waals surface area contributed by atoms with Crippen molar-refractivity contribution < 1.29 is 24.2 Å². The molecule has 0 saturated heterocycles. The predicted molar refractivity (Wildman–Crippen MR) is 126 cm³/mol. The van der Waals surface area contributed by atoms with Crippen molar-refractivity contribution in [2.45, 2.75) is 45.0 Å². The van der Waals surface area contributed by atoms with Crippen LogP contribution in [0.5, 0.6) is 0 Å². The van der Waals surface area contributed by atoms with Crippen LogP contribution < -0.4 is 5.32 Å². The summed E-state index contributed by atoms with van der Waals surface area (Å²) < 4.78 is 11.1. The second-order valence-electron chi connectivity index (χ2n) is 8.38. The number of carboxylic acids is 1. The highest BCUT2D eigenvalue weighted by molar-refractivity contribution is 5.89. The fourth-order valence-electron chi connectivity index (χ4n) is 3.60. The third kappa shape index (κ3) is 6.39. The van der Waals surface area contributed by atoms with Crippen LogP contribution in [0.2, 0.25) is 0 Å². The molecule has 8 heteroatoms. The molecule has 8 nitrogen and oxygen atoms in total. The summed E-state index contributed by atoms with van der Waals surface area (Å²) in [4.78, 5) is 32.2. The van der Waals surface area contributed by atoms with Gasteiger partial charge in [0.25, 0.3) is 0 Å². The van der Waals surface area contributed by atoms with Crippen LogP contribution in [0.15, 0.2) is 67.1 Å². The number of ether oxygens (including phenoxy) is 2. The van der Waals surface area contributed by atoms with Crippen LogP contribution in [-0.2, 0) is 20.9 Å². The fourth-order valence-corrected chi connectivity index (χ4v) is 3.60. The lowest BCUT2D eigenvalue weighted by molar-refractivity contribution is -0.152. The van der Waals surface area contributed by atoms with Crippen molar-refractivity contribution in [2.75, 3.05) is 5.32 Å². The van der Waals surface area contributed by atoms with Gasteiger partial charge in [-0.1, -0.05) is 67.4 Å². The number of aliphatic carboxylic acids is 1. The van der Waals surface area contributed by atoms with E-state index in [4.69, 9.17) is 9.47 Å². The van der Waals surface area contributed by atoms with E-state index in [9.17, 15) is 14.7 Å². The summed E-state index contributed by atoms with van der Waals surface area (Å²) in [5.74, 6) is -0.455. The Labute approximate surface area is 198 Å². The van der Waals surface area contributed by atoms with Crippen molar-refractivity contribution in [2.24, 2.45) is 5.92 Å². The first kappa shape index (κ1) is 23.4. The number of amides is 1. The van der Waals surface area contributed by atoms with Gasteiger partial charge >= 0.3 is 12.1 Å². The second-order valence-corrected chi connectivity index (χ2v) is 8.38. The Hall–Kier alpha value is -3.78. The van der Waals surface area contributed by atoms with E-state index in [0.717, 1.165) is 29.5 Å². The molecule has 0 spiro atoms. The first-order chi connectivity index (χ1) is 16.5. The van der Waals surface area contributed by atoms with Crippen molar-refractivity contribution in [3.8, 4) is 11.3 Å². The van der Waals surface area contributed by atoms with Gasteiger partial charge in [0, 0.05) is 5.56 Å². The molecule has 1 aliphatic carbocycles. The van der Waals surface area contributed by atoms with Gasteiger partial charge in [-0.2, -0.15) is 0 Å². The lowest BCUT2D eigenvalue weighted by Crippen LogP contribution is -2.24. The topological polar surface area (TPSA) is 111 Å². The molecular weight excluding hydrogens is 434 g/mol. The molecule has 0 radical (unpaired) electrons. The maximum absolute atomic E-state index is 12.5. The average molecular weight is 462 g/mol. The molecule has 1 heterocycles. The molecule has 2 aromatic carbocycles. The molecule has 1 aromatic heterocycles. The lowest BCUT2D eigenvalue weighted by atomic mass is 10.1. The van der Waals surface area contributed by atoms with Crippen molar-refractivity contribution >= 4 is 17.7 Å². The minimum Gasteiger partial charge on any atom is -0.479 e. The average Bonchev–Trinajstić information content (AvgIpc) is 3.67. The first-order valence-corrected chi connectivity index (χ1v) is 11.3. The summed E-state index contributed by atoms with van der Waals surface area (Å²) in [7, 11) is 0. The summed E-state index contributed by atoms with van der Waals surface area (Å²) in [6, 6.07) is 16.9. The van der Waals surface area contributed by atoms with Gasteiger partial charge in [0.2, 0.25) is 0 Å². The normalized spacial score (nSPS) is 14.7. The van der Waals surface area contributed by atoms with Crippen molar-refractivity contribution in [1.82, 2.24) is 9.97 Å². The Balaban J connectivity index is 1.38. The zero-order valence-corrected chi connectivity index (χ0v) is 18.9. The summed E-state index contributed by atoms with van der Waals surface area (Å²) in [6.07, 6.45) is 3.84. The van der Waals surface area contributed by atoms with Crippen LogP contribution in [0.4, 0.5) is 10.5 Å². The molecule has 4 rings (SSSR count). The standard InChI is InChI=1S/C26H27N3O5/c1-17(20-5-3-2-4-6-20)34-26(32)29-22-14-27-16-28-24(22)21-11-9-19(10-12-21)15-33-23(25(30)31)13-18-7-8-18/h2-6,9-12,14,16-18,23H,7-8,13,15H2,1H3,(H,29,32)(H,30,31). The highest BCUT2D eigenvalue weighted by Gasteiger charge is 2.29. The Morgan fingerprint density at radius 2 is 1.85 bits per heavy atom. The first-order valence-electron chi connectivity index (χ1n) is 11.3. The van der Waals surface area contributed by atoms with Gasteiger partial charge in [-0.15, -0.1) is 0 Å². The van der Waals surface area contributed by atoms with Gasteiger partial charge in [0.1, 0.15) is 12.4 Å². The van der Waals surface area contributed by atoms with E-state index in [-0.39, 0.29) is 6.61 Å². The Kier molecular flexibility index (Phi) is 7.49. The largest absolute Gasteiger partial charge is 0.479 e. The van der Waals surface area contributed by atoms with Crippen LogP contribution in [0, 0.1) is 5.92 Å². The number of nitrogens with zero attached hydrogens (tertiary/aromatic N) is 2. The van der Waals surface area contributed by atoms with E-state index in [0.29, 0.717) is 23.7 Å². The zero-order chi connectivity index (χ0) is 23.9. The quantitative estimate of drug-likeness (QED) is 0.426. The Morgan fingerprint density at radius 1 is 1.12 bits per heavy atom. The molecule has 1 fully saturated rings. The van der Waals surface area contributed by atoms with E-state index in [1.165, 1.54) is 12.5 Å². The van der Waals surface area contributed by atoms with Crippen molar-refractivity contribution in [1.29, 1.82) is 0 Å². The number of hydrogen-bond acceptors (Lipinski definition) is 6. The highest BCUT2D eigenvalue weighted by Crippen LogP contribution is 2.34. The molecular formula is C26H27N3O5. The molecule has 176 valence electrons. The van der Waals surface area contributed by atoms with E-state index in [1.54, 1.807) is 6.92 Å². The number of benzene rings is 2. The number of carbonyl (C=O) groups is 2. The molecule has 34 heavy (non-hydrogen) atoms. The summed E-state index contributed by atoms with van der Waals surface area (Å²) in [6.45, 7) is 2.01. The number of anilines is 1. The van der Waals surface area contributed by atoms with E-state index in [1.807, 2.05) is 54.6 Å².